The van der Waals surface area contributed by atoms with E-state index in [0.717, 1.165) is 28.5 Å². The number of H-pyrrole nitrogens is 1. The Morgan fingerprint density at radius 3 is 2.85 bits per heavy atom. The maximum absolute atomic E-state index is 12.9. The lowest BCUT2D eigenvalue weighted by Gasteiger charge is -2.14. The van der Waals surface area contributed by atoms with Gasteiger partial charge in [0, 0.05) is 16.5 Å². The number of nitrogens with zero attached hydrogens (tertiary/aromatic N) is 1. The number of nitrogens with one attached hydrogen (secondary N) is 1. The van der Waals surface area contributed by atoms with Gasteiger partial charge >= 0.3 is 0 Å². The van der Waals surface area contributed by atoms with Gasteiger partial charge in [-0.3, -0.25) is 4.79 Å². The number of aromatic hydroxyl groups is 1. The van der Waals surface area contributed by atoms with Crippen molar-refractivity contribution < 1.29 is 14.6 Å². The highest BCUT2D eigenvalue weighted by atomic mass is 16.5. The maximum Gasteiger partial charge on any atom is 0.205 e. The Morgan fingerprint density at radius 2 is 2.08 bits per heavy atom. The molecule has 26 heavy (non-hydrogen) atoms. The zero-order valence-electron chi connectivity index (χ0n) is 14.2. The second-order valence-electron chi connectivity index (χ2n) is 6.28. The van der Waals surface area contributed by atoms with Gasteiger partial charge in [-0.15, -0.1) is 0 Å². The molecule has 0 bridgehead atoms. The molecule has 1 aliphatic carbocycles. The van der Waals surface area contributed by atoms with E-state index in [9.17, 15) is 9.90 Å². The minimum atomic E-state index is -0.0343. The molecule has 2 aromatic carbocycles. The number of aromatic nitrogens is 1. The molecular formula is C21H16N2O3. The summed E-state index contributed by atoms with van der Waals surface area (Å²) in [7, 11) is 1.49. The molecule has 2 N–H and O–H groups in total. The topological polar surface area (TPSA) is 86.1 Å². The number of hydrogen-bond donors (Lipinski definition) is 2. The van der Waals surface area contributed by atoms with Crippen molar-refractivity contribution in [2.24, 2.45) is 0 Å². The number of Topliss-reactive ketones (excluding diaryl/α,β-unsaturated/α-hetero) is 1. The number of phenolic OH excluding ortho intramolecular Hbond substituents is 1. The van der Waals surface area contributed by atoms with Crippen LogP contribution in [0.15, 0.2) is 42.0 Å². The summed E-state index contributed by atoms with van der Waals surface area (Å²) in [5, 5.41) is 19.7. The Kier molecular flexibility index (Phi) is 3.74. The minimum Gasteiger partial charge on any atom is -0.504 e. The van der Waals surface area contributed by atoms with Crippen molar-refractivity contribution in [2.75, 3.05) is 7.11 Å². The summed E-state index contributed by atoms with van der Waals surface area (Å²) in [5.41, 5.74) is 4.53. The number of ether oxygens (including phenoxy) is 1. The van der Waals surface area contributed by atoms with E-state index < -0.39 is 0 Å². The number of hydrogen-bond acceptors (Lipinski definition) is 4. The molecule has 0 aliphatic heterocycles. The molecule has 1 aromatic heterocycles. The largest absolute Gasteiger partial charge is 0.504 e. The third kappa shape index (κ3) is 2.52. The molecular weight excluding hydrogens is 328 g/mol. The SMILES string of the molecule is COc1cc(/C=C2\CCc3c([nH]c4ccc(C#N)cc34)C2=O)ccc1O. The number of allylic oxidation sites excluding steroid dienone is 1. The number of methoxy groups -OCH3 is 1. The van der Waals surface area contributed by atoms with Crippen LogP contribution >= 0.6 is 0 Å². The summed E-state index contributed by atoms with van der Waals surface area (Å²) in [6, 6.07) is 12.6. The summed E-state index contributed by atoms with van der Waals surface area (Å²) in [6.07, 6.45) is 3.19. The summed E-state index contributed by atoms with van der Waals surface area (Å²) in [5.74, 6) is 0.404. The molecule has 3 aromatic rings. The van der Waals surface area contributed by atoms with Crippen LogP contribution in [-0.4, -0.2) is 23.0 Å². The third-order valence-electron chi connectivity index (χ3n) is 4.74. The van der Waals surface area contributed by atoms with E-state index in [4.69, 9.17) is 10.00 Å². The van der Waals surface area contributed by atoms with Crippen molar-refractivity contribution in [1.29, 1.82) is 5.26 Å². The molecule has 0 atom stereocenters. The number of ketones is 1. The van der Waals surface area contributed by atoms with Crippen LogP contribution in [0, 0.1) is 11.3 Å². The van der Waals surface area contributed by atoms with Gasteiger partial charge in [0.05, 0.1) is 24.4 Å². The van der Waals surface area contributed by atoms with Crippen molar-refractivity contribution in [3.8, 4) is 17.6 Å². The highest BCUT2D eigenvalue weighted by Gasteiger charge is 2.26. The van der Waals surface area contributed by atoms with Crippen LogP contribution in [0.2, 0.25) is 0 Å². The molecule has 0 amide bonds. The fraction of sp³-hybridized carbons (Fsp3) is 0.143. The predicted octanol–water partition coefficient (Wildman–Crippen LogP) is 3.97. The lowest BCUT2D eigenvalue weighted by molar-refractivity contribution is 0.102. The Bertz CT molecular complexity index is 1120. The fourth-order valence-electron chi connectivity index (χ4n) is 3.43. The smallest absolute Gasteiger partial charge is 0.205 e. The number of fused-ring (bicyclic) bond motifs is 3. The van der Waals surface area contributed by atoms with Crippen LogP contribution < -0.4 is 4.74 Å². The van der Waals surface area contributed by atoms with Crippen LogP contribution in [0.5, 0.6) is 11.5 Å². The standard InChI is InChI=1S/C21H16N2O3/c1-26-19-10-12(3-7-18(19)24)8-14-4-5-15-16-9-13(11-22)2-6-17(16)23-20(15)21(14)25/h2-3,6-10,23-24H,4-5H2,1H3/b14-8+. The number of aryl methyl sites for hydroxylation is 1. The third-order valence-corrected chi connectivity index (χ3v) is 4.74. The Hall–Kier alpha value is -3.52. The van der Waals surface area contributed by atoms with Crippen LogP contribution in [0.25, 0.3) is 17.0 Å². The lowest BCUT2D eigenvalue weighted by Crippen LogP contribution is -2.13. The molecule has 0 spiro atoms. The monoisotopic (exact) mass is 344 g/mol. The van der Waals surface area contributed by atoms with Crippen molar-refractivity contribution in [3.05, 3.63) is 64.4 Å². The normalized spacial score (nSPS) is 15.1. The van der Waals surface area contributed by atoms with Crippen LogP contribution in [0.1, 0.15) is 33.6 Å². The molecule has 4 rings (SSSR count). The number of aromatic amines is 1. The first kappa shape index (κ1) is 16.0. The van der Waals surface area contributed by atoms with Gasteiger partial charge in [0.1, 0.15) is 0 Å². The number of carbonyl (C=O) groups excluding carboxylic acids is 1. The van der Waals surface area contributed by atoms with Gasteiger partial charge in [-0.2, -0.15) is 5.26 Å². The molecule has 128 valence electrons. The second kappa shape index (κ2) is 6.08. The zero-order chi connectivity index (χ0) is 18.3. The number of rotatable bonds is 2. The second-order valence-corrected chi connectivity index (χ2v) is 6.28. The summed E-state index contributed by atoms with van der Waals surface area (Å²) < 4.78 is 5.12. The maximum atomic E-state index is 12.9. The summed E-state index contributed by atoms with van der Waals surface area (Å²) >= 11 is 0. The number of phenols is 1. The molecule has 0 fully saturated rings. The molecule has 0 radical (unpaired) electrons. The van der Waals surface area contributed by atoms with Crippen LogP contribution in [-0.2, 0) is 6.42 Å². The molecule has 1 aliphatic rings. The van der Waals surface area contributed by atoms with Crippen molar-refractivity contribution in [3.63, 3.8) is 0 Å². The number of nitriles is 1. The lowest BCUT2D eigenvalue weighted by atomic mass is 9.89. The average Bonchev–Trinajstić information content (AvgIpc) is 3.04. The molecule has 1 heterocycles. The fourth-order valence-corrected chi connectivity index (χ4v) is 3.43. The first-order chi connectivity index (χ1) is 12.6. The minimum absolute atomic E-state index is 0.0343. The Balaban J connectivity index is 1.75. The Labute approximate surface area is 150 Å². The van der Waals surface area contributed by atoms with E-state index in [1.165, 1.54) is 7.11 Å². The van der Waals surface area contributed by atoms with Gasteiger partial charge < -0.3 is 14.8 Å². The zero-order valence-corrected chi connectivity index (χ0v) is 14.2. The van der Waals surface area contributed by atoms with Crippen molar-refractivity contribution >= 4 is 22.8 Å². The van der Waals surface area contributed by atoms with Crippen LogP contribution in [0.3, 0.4) is 0 Å². The van der Waals surface area contributed by atoms with E-state index in [2.05, 4.69) is 11.1 Å². The van der Waals surface area contributed by atoms with E-state index in [0.29, 0.717) is 29.0 Å². The van der Waals surface area contributed by atoms with E-state index in [1.807, 2.05) is 18.2 Å². The number of carbonyl (C=O) groups is 1. The van der Waals surface area contributed by atoms with Crippen LogP contribution in [0.4, 0.5) is 0 Å². The van der Waals surface area contributed by atoms with Gasteiger partial charge in [-0.1, -0.05) is 6.07 Å². The van der Waals surface area contributed by atoms with E-state index in [-0.39, 0.29) is 11.5 Å². The van der Waals surface area contributed by atoms with Gasteiger partial charge in [-0.05, 0) is 60.4 Å². The van der Waals surface area contributed by atoms with E-state index in [1.54, 1.807) is 24.3 Å². The molecule has 0 saturated carbocycles. The Morgan fingerprint density at radius 1 is 1.23 bits per heavy atom. The molecule has 5 heteroatoms. The van der Waals surface area contributed by atoms with Crippen molar-refractivity contribution in [2.45, 2.75) is 12.8 Å². The summed E-state index contributed by atoms with van der Waals surface area (Å²) in [4.78, 5) is 16.1. The van der Waals surface area contributed by atoms with Crippen molar-refractivity contribution in [1.82, 2.24) is 4.98 Å². The van der Waals surface area contributed by atoms with Gasteiger partial charge in [-0.25, -0.2) is 0 Å². The predicted molar refractivity (Wildman–Crippen MR) is 98.3 cm³/mol. The first-order valence-corrected chi connectivity index (χ1v) is 8.27. The molecule has 5 nitrogen and oxygen atoms in total. The first-order valence-electron chi connectivity index (χ1n) is 8.27. The highest BCUT2D eigenvalue weighted by molar-refractivity contribution is 6.15. The average molecular weight is 344 g/mol. The summed E-state index contributed by atoms with van der Waals surface area (Å²) in [6.45, 7) is 0. The van der Waals surface area contributed by atoms with Gasteiger partial charge in [0.15, 0.2) is 11.5 Å². The van der Waals surface area contributed by atoms with Gasteiger partial charge in [0.25, 0.3) is 0 Å². The molecule has 0 unspecified atom stereocenters. The van der Waals surface area contributed by atoms with Gasteiger partial charge in [0.2, 0.25) is 5.78 Å². The molecule has 0 saturated heterocycles. The highest BCUT2D eigenvalue weighted by Crippen LogP contribution is 2.33. The quantitative estimate of drug-likeness (QED) is 0.689. The number of benzene rings is 2. The van der Waals surface area contributed by atoms with E-state index >= 15 is 0 Å².